The van der Waals surface area contributed by atoms with E-state index in [1.54, 1.807) is 0 Å². The van der Waals surface area contributed by atoms with Gasteiger partial charge in [0.05, 0.1) is 11.3 Å². The number of benzene rings is 1. The molecule has 0 saturated carbocycles. The van der Waals surface area contributed by atoms with Crippen molar-refractivity contribution in [3.05, 3.63) is 54.1 Å². The first-order chi connectivity index (χ1) is 14.8. The van der Waals surface area contributed by atoms with Gasteiger partial charge in [0.1, 0.15) is 19.3 Å². The molecule has 2 amide bonds. The van der Waals surface area contributed by atoms with Crippen LogP contribution in [0.25, 0.3) is 0 Å². The van der Waals surface area contributed by atoms with Crippen LogP contribution in [-0.2, 0) is 19.1 Å². The highest BCUT2D eigenvalue weighted by Gasteiger charge is 2.41. The van der Waals surface area contributed by atoms with E-state index in [2.05, 4.69) is 31.1 Å². The molecule has 1 saturated heterocycles. The largest absolute Gasteiger partial charge is 0.458 e. The summed E-state index contributed by atoms with van der Waals surface area (Å²) in [5, 5.41) is 2.60. The minimum absolute atomic E-state index is 0.0102. The van der Waals surface area contributed by atoms with Crippen molar-refractivity contribution in [3.8, 4) is 0 Å². The number of carbonyl (C=O) groups is 4. The lowest BCUT2D eigenvalue weighted by atomic mass is 10.0. The van der Waals surface area contributed by atoms with Crippen LogP contribution in [0.3, 0.4) is 0 Å². The number of halogens is 1. The molecule has 0 radical (unpaired) electrons. The van der Waals surface area contributed by atoms with Crippen LogP contribution in [0.5, 0.6) is 0 Å². The Bertz CT molecular complexity index is 891. The van der Waals surface area contributed by atoms with Gasteiger partial charge in [-0.05, 0) is 30.5 Å². The molecule has 1 aromatic carbocycles. The van der Waals surface area contributed by atoms with Crippen LogP contribution in [0.2, 0.25) is 5.02 Å². The summed E-state index contributed by atoms with van der Waals surface area (Å²) in [7, 11) is 0. The first-order valence-electron chi connectivity index (χ1n) is 9.41. The number of likely N-dealkylation sites (tertiary alicyclic amines) is 1. The smallest absolute Gasteiger partial charge is 0.410 e. The van der Waals surface area contributed by atoms with Crippen molar-refractivity contribution < 1.29 is 28.7 Å². The number of hydrogen-bond acceptors (Lipinski definition) is 6. The van der Waals surface area contributed by atoms with Crippen molar-refractivity contribution >= 4 is 53.0 Å². The minimum Gasteiger partial charge on any atom is -0.458 e. The summed E-state index contributed by atoms with van der Waals surface area (Å²) < 4.78 is 10.1. The van der Waals surface area contributed by atoms with Crippen LogP contribution < -0.4 is 5.32 Å². The number of carbonyl (C=O) groups excluding carboxylic acids is 4. The number of ether oxygens (including phenoxy) is 2. The zero-order valence-corrected chi connectivity index (χ0v) is 18.4. The number of rotatable bonds is 9. The maximum absolute atomic E-state index is 13.0. The van der Waals surface area contributed by atoms with E-state index in [9.17, 15) is 19.2 Å². The number of esters is 1. The number of nitrogens with zero attached hydrogens (tertiary/aromatic N) is 1. The lowest BCUT2D eigenvalue weighted by Crippen LogP contribution is -2.43. The fourth-order valence-electron chi connectivity index (χ4n) is 3.20. The number of amides is 2. The first-order valence-corrected chi connectivity index (χ1v) is 10.2. The van der Waals surface area contributed by atoms with E-state index in [-0.39, 0.29) is 59.9 Å². The Balaban J connectivity index is 2.23. The summed E-state index contributed by atoms with van der Waals surface area (Å²) in [5.74, 6) is -1.48. The van der Waals surface area contributed by atoms with Crippen molar-refractivity contribution in [3.63, 3.8) is 0 Å². The van der Waals surface area contributed by atoms with Gasteiger partial charge in [0, 0.05) is 18.0 Å². The molecule has 0 bridgehead atoms. The standard InChI is InChI=1S/C21H23ClN2O6S/c1-3-7-29-20(27)15-11-14(22)5-6-16(15)23-19(26)17-9-13(10-18(25)31)12-24(17)21(28)30-8-4-2/h3-6,11,13,17H,1-2,7-10,12H2,(H,23,26)(H,25,31)/t13-,17-/m0/s1. The fourth-order valence-corrected chi connectivity index (χ4v) is 3.63. The number of anilines is 1. The Morgan fingerprint density at radius 1 is 1.19 bits per heavy atom. The maximum atomic E-state index is 13.0. The summed E-state index contributed by atoms with van der Waals surface area (Å²) in [4.78, 5) is 50.4. The van der Waals surface area contributed by atoms with Gasteiger partial charge in [-0.15, -0.1) is 12.6 Å². The monoisotopic (exact) mass is 466 g/mol. The molecule has 0 aromatic heterocycles. The fraction of sp³-hybridized carbons (Fsp3) is 0.333. The van der Waals surface area contributed by atoms with Gasteiger partial charge in [0.15, 0.2) is 5.12 Å². The summed E-state index contributed by atoms with van der Waals surface area (Å²) in [6.45, 7) is 7.10. The molecule has 166 valence electrons. The van der Waals surface area contributed by atoms with Crippen molar-refractivity contribution in [2.45, 2.75) is 18.9 Å². The van der Waals surface area contributed by atoms with Gasteiger partial charge >= 0.3 is 12.1 Å². The van der Waals surface area contributed by atoms with E-state index in [0.717, 1.165) is 0 Å². The SMILES string of the molecule is C=CCOC(=O)c1cc(Cl)ccc1NC(=O)[C@@H]1C[C@@H](CC(=O)S)CN1C(=O)OCC=C. The molecule has 8 nitrogen and oxygen atoms in total. The molecule has 1 aliphatic heterocycles. The molecule has 31 heavy (non-hydrogen) atoms. The van der Waals surface area contributed by atoms with Crippen molar-refractivity contribution in [1.82, 2.24) is 4.90 Å². The zero-order chi connectivity index (χ0) is 23.0. The third-order valence-corrected chi connectivity index (χ3v) is 4.92. The second-order valence-electron chi connectivity index (χ2n) is 6.80. The maximum Gasteiger partial charge on any atom is 0.410 e. The van der Waals surface area contributed by atoms with E-state index in [4.69, 9.17) is 21.1 Å². The van der Waals surface area contributed by atoms with E-state index in [1.165, 1.54) is 35.3 Å². The topological polar surface area (TPSA) is 102 Å². The van der Waals surface area contributed by atoms with Gasteiger partial charge in [0.25, 0.3) is 0 Å². The Labute approximate surface area is 190 Å². The van der Waals surface area contributed by atoms with E-state index in [0.29, 0.717) is 0 Å². The Kier molecular flexibility index (Phi) is 9.14. The molecule has 1 N–H and O–H groups in total. The first kappa shape index (κ1) is 24.5. The molecule has 0 spiro atoms. The Morgan fingerprint density at radius 2 is 1.87 bits per heavy atom. The van der Waals surface area contributed by atoms with E-state index < -0.39 is 24.0 Å². The number of nitrogens with one attached hydrogen (secondary N) is 1. The predicted octanol–water partition coefficient (Wildman–Crippen LogP) is 3.48. The summed E-state index contributed by atoms with van der Waals surface area (Å²) in [6, 6.07) is 3.45. The van der Waals surface area contributed by atoms with Crippen LogP contribution in [0.4, 0.5) is 10.5 Å². The van der Waals surface area contributed by atoms with Gasteiger partial charge in [-0.1, -0.05) is 36.9 Å². The molecule has 2 rings (SSSR count). The normalized spacial score (nSPS) is 17.5. The zero-order valence-electron chi connectivity index (χ0n) is 16.7. The molecule has 1 fully saturated rings. The highest BCUT2D eigenvalue weighted by atomic mass is 35.5. The third-order valence-electron chi connectivity index (χ3n) is 4.50. The Hall–Kier alpha value is -2.78. The molecule has 0 unspecified atom stereocenters. The lowest BCUT2D eigenvalue weighted by Gasteiger charge is -2.23. The van der Waals surface area contributed by atoms with Gasteiger partial charge in [-0.3, -0.25) is 14.5 Å². The molecule has 10 heteroatoms. The quantitative estimate of drug-likeness (QED) is 0.328. The van der Waals surface area contributed by atoms with Crippen LogP contribution in [0.1, 0.15) is 23.2 Å². The highest BCUT2D eigenvalue weighted by Crippen LogP contribution is 2.29. The van der Waals surface area contributed by atoms with Gasteiger partial charge in [-0.2, -0.15) is 0 Å². The molecule has 1 aromatic rings. The summed E-state index contributed by atoms with van der Waals surface area (Å²) >= 11 is 9.77. The van der Waals surface area contributed by atoms with Crippen LogP contribution in [0, 0.1) is 5.92 Å². The van der Waals surface area contributed by atoms with Crippen LogP contribution in [0.15, 0.2) is 43.5 Å². The molecule has 1 heterocycles. The molecular formula is C21H23ClN2O6S. The van der Waals surface area contributed by atoms with Gasteiger partial charge in [-0.25, -0.2) is 9.59 Å². The van der Waals surface area contributed by atoms with Crippen molar-refractivity contribution in [2.24, 2.45) is 5.92 Å². The highest BCUT2D eigenvalue weighted by molar-refractivity contribution is 7.96. The summed E-state index contributed by atoms with van der Waals surface area (Å²) in [5.41, 5.74) is 0.236. The number of hydrogen-bond donors (Lipinski definition) is 2. The minimum atomic E-state index is -0.900. The van der Waals surface area contributed by atoms with Crippen LogP contribution in [-0.4, -0.2) is 53.8 Å². The third kappa shape index (κ3) is 6.86. The molecule has 2 atom stereocenters. The molecule has 1 aliphatic rings. The Morgan fingerprint density at radius 3 is 2.52 bits per heavy atom. The molecular weight excluding hydrogens is 444 g/mol. The average Bonchev–Trinajstić information content (AvgIpc) is 3.14. The van der Waals surface area contributed by atoms with Crippen molar-refractivity contribution in [2.75, 3.05) is 25.1 Å². The second-order valence-corrected chi connectivity index (χ2v) is 7.73. The van der Waals surface area contributed by atoms with E-state index >= 15 is 0 Å². The van der Waals surface area contributed by atoms with Crippen molar-refractivity contribution in [1.29, 1.82) is 0 Å². The lowest BCUT2D eigenvalue weighted by molar-refractivity contribution is -0.120. The summed E-state index contributed by atoms with van der Waals surface area (Å²) in [6.07, 6.45) is 2.47. The van der Waals surface area contributed by atoms with Gasteiger partial charge < -0.3 is 14.8 Å². The van der Waals surface area contributed by atoms with E-state index in [1.807, 2.05) is 0 Å². The molecule has 0 aliphatic carbocycles. The van der Waals surface area contributed by atoms with Crippen LogP contribution >= 0.6 is 24.2 Å². The second kappa shape index (κ2) is 11.6. The average molecular weight is 467 g/mol. The number of thiol groups is 1. The predicted molar refractivity (Wildman–Crippen MR) is 119 cm³/mol. The van der Waals surface area contributed by atoms with Gasteiger partial charge in [0.2, 0.25) is 5.91 Å².